The summed E-state index contributed by atoms with van der Waals surface area (Å²) >= 11 is 3.11. The second-order valence-corrected chi connectivity index (χ2v) is 5.35. The van der Waals surface area contributed by atoms with E-state index in [4.69, 9.17) is 5.11 Å². The van der Waals surface area contributed by atoms with Gasteiger partial charge >= 0.3 is 5.97 Å². The molecule has 0 spiro atoms. The molecule has 6 heteroatoms. The third kappa shape index (κ3) is 2.43. The number of rotatable bonds is 4. The van der Waals surface area contributed by atoms with E-state index in [2.05, 4.69) is 15.9 Å². The zero-order valence-corrected chi connectivity index (χ0v) is 10.9. The molecule has 0 heterocycles. The summed E-state index contributed by atoms with van der Waals surface area (Å²) in [4.78, 5) is 10.8. The number of aliphatic carboxylic acids is 1. The maximum absolute atomic E-state index is 14.0. The molecule has 18 heavy (non-hydrogen) atoms. The lowest BCUT2D eigenvalue weighted by molar-refractivity contribution is -0.137. The molecular weight excluding hydrogens is 307 g/mol. The molecule has 1 atom stereocenters. The number of carboxylic acid groups (broad SMARTS) is 1. The van der Waals surface area contributed by atoms with Crippen LogP contribution in [0.4, 0.5) is 4.39 Å². The van der Waals surface area contributed by atoms with Crippen LogP contribution >= 0.6 is 15.9 Å². The molecular formula is C12H12BrFO4. The first-order chi connectivity index (χ1) is 8.41. The van der Waals surface area contributed by atoms with Crippen LogP contribution in [0.2, 0.25) is 0 Å². The fourth-order valence-corrected chi connectivity index (χ4v) is 2.83. The van der Waals surface area contributed by atoms with Gasteiger partial charge in [-0.1, -0.05) is 15.9 Å². The van der Waals surface area contributed by atoms with Crippen LogP contribution < -0.4 is 0 Å². The SMILES string of the molecule is O=C(O)CC(c1c(Br)cc(O)c(O)c1F)C1CC1. The van der Waals surface area contributed by atoms with E-state index in [1.165, 1.54) is 6.07 Å². The molecule has 0 bridgehead atoms. The Balaban J connectivity index is 2.47. The van der Waals surface area contributed by atoms with Crippen molar-refractivity contribution < 1.29 is 24.5 Å². The minimum absolute atomic E-state index is 0.121. The van der Waals surface area contributed by atoms with Gasteiger partial charge in [0.2, 0.25) is 0 Å². The molecule has 1 aromatic carbocycles. The Bertz CT molecular complexity index is 499. The van der Waals surface area contributed by atoms with Crippen LogP contribution in [0.3, 0.4) is 0 Å². The van der Waals surface area contributed by atoms with E-state index >= 15 is 0 Å². The van der Waals surface area contributed by atoms with Crippen LogP contribution in [0.1, 0.15) is 30.7 Å². The minimum Gasteiger partial charge on any atom is -0.504 e. The summed E-state index contributed by atoms with van der Waals surface area (Å²) in [6, 6.07) is 1.19. The molecule has 1 aliphatic carbocycles. The average molecular weight is 319 g/mol. The number of hydrogen-bond donors (Lipinski definition) is 3. The maximum Gasteiger partial charge on any atom is 0.303 e. The Morgan fingerprint density at radius 2 is 2.11 bits per heavy atom. The first-order valence-electron chi connectivity index (χ1n) is 5.53. The summed E-state index contributed by atoms with van der Waals surface area (Å²) in [6.45, 7) is 0. The largest absolute Gasteiger partial charge is 0.504 e. The molecule has 1 saturated carbocycles. The molecule has 0 aromatic heterocycles. The van der Waals surface area contributed by atoms with Crippen LogP contribution in [-0.4, -0.2) is 21.3 Å². The number of aromatic hydroxyl groups is 2. The molecule has 98 valence electrons. The van der Waals surface area contributed by atoms with E-state index in [1.54, 1.807) is 0 Å². The maximum atomic E-state index is 14.0. The van der Waals surface area contributed by atoms with Crippen molar-refractivity contribution in [2.24, 2.45) is 5.92 Å². The first-order valence-corrected chi connectivity index (χ1v) is 6.32. The number of halogens is 2. The summed E-state index contributed by atoms with van der Waals surface area (Å²) in [7, 11) is 0. The molecule has 4 nitrogen and oxygen atoms in total. The summed E-state index contributed by atoms with van der Waals surface area (Å²) in [5.41, 5.74) is 0.134. The number of hydrogen-bond acceptors (Lipinski definition) is 3. The zero-order chi connectivity index (χ0) is 13.4. The van der Waals surface area contributed by atoms with Crippen molar-refractivity contribution in [3.8, 4) is 11.5 Å². The molecule has 1 fully saturated rings. The van der Waals surface area contributed by atoms with E-state index in [9.17, 15) is 19.4 Å². The third-order valence-corrected chi connectivity index (χ3v) is 3.82. The van der Waals surface area contributed by atoms with Gasteiger partial charge in [-0.2, -0.15) is 0 Å². The summed E-state index contributed by atoms with van der Waals surface area (Å²) in [5, 5.41) is 27.6. The summed E-state index contributed by atoms with van der Waals surface area (Å²) < 4.78 is 14.3. The van der Waals surface area contributed by atoms with E-state index < -0.39 is 29.2 Å². The average Bonchev–Trinajstić information content (AvgIpc) is 3.08. The molecule has 0 amide bonds. The van der Waals surface area contributed by atoms with Crippen molar-refractivity contribution >= 4 is 21.9 Å². The molecule has 1 unspecified atom stereocenters. The molecule has 3 N–H and O–H groups in total. The first kappa shape index (κ1) is 13.1. The smallest absolute Gasteiger partial charge is 0.303 e. The summed E-state index contributed by atoms with van der Waals surface area (Å²) in [6.07, 6.45) is 1.52. The molecule has 1 aromatic rings. The van der Waals surface area contributed by atoms with Crippen LogP contribution in [0.15, 0.2) is 10.5 Å². The highest BCUT2D eigenvalue weighted by atomic mass is 79.9. The zero-order valence-electron chi connectivity index (χ0n) is 9.36. The number of phenols is 2. The minimum atomic E-state index is -1.01. The monoisotopic (exact) mass is 318 g/mol. The summed E-state index contributed by atoms with van der Waals surface area (Å²) in [5.74, 6) is -3.71. The van der Waals surface area contributed by atoms with Gasteiger partial charge in [0, 0.05) is 16.0 Å². The molecule has 1 aliphatic rings. The lowest BCUT2D eigenvalue weighted by Gasteiger charge is -2.18. The predicted molar refractivity (Wildman–Crippen MR) is 65.1 cm³/mol. The third-order valence-electron chi connectivity index (χ3n) is 3.16. The van der Waals surface area contributed by atoms with Crippen LogP contribution in [-0.2, 0) is 4.79 Å². The van der Waals surface area contributed by atoms with Crippen molar-refractivity contribution in [3.63, 3.8) is 0 Å². The highest BCUT2D eigenvalue weighted by Crippen LogP contribution is 2.49. The van der Waals surface area contributed by atoms with Crippen molar-refractivity contribution in [2.75, 3.05) is 0 Å². The highest BCUT2D eigenvalue weighted by Gasteiger charge is 2.37. The van der Waals surface area contributed by atoms with Crippen LogP contribution in [0.25, 0.3) is 0 Å². The molecule has 0 saturated heterocycles. The van der Waals surface area contributed by atoms with Gasteiger partial charge in [0.1, 0.15) is 0 Å². The Kier molecular flexibility index (Phi) is 3.47. The van der Waals surface area contributed by atoms with Crippen LogP contribution in [0.5, 0.6) is 11.5 Å². The molecule has 0 aliphatic heterocycles. The van der Waals surface area contributed by atoms with Gasteiger partial charge < -0.3 is 15.3 Å². The highest BCUT2D eigenvalue weighted by molar-refractivity contribution is 9.10. The van der Waals surface area contributed by atoms with Gasteiger partial charge in [-0.05, 0) is 24.8 Å². The van der Waals surface area contributed by atoms with Crippen molar-refractivity contribution in [1.82, 2.24) is 0 Å². The van der Waals surface area contributed by atoms with Gasteiger partial charge in [-0.15, -0.1) is 0 Å². The Hall–Kier alpha value is -1.30. The number of benzene rings is 1. The van der Waals surface area contributed by atoms with E-state index in [-0.39, 0.29) is 22.4 Å². The van der Waals surface area contributed by atoms with Gasteiger partial charge in [0.25, 0.3) is 0 Å². The van der Waals surface area contributed by atoms with E-state index in [0.717, 1.165) is 12.8 Å². The Morgan fingerprint density at radius 3 is 2.61 bits per heavy atom. The number of carboxylic acids is 1. The Labute approximate surface area is 111 Å². The Morgan fingerprint density at radius 1 is 1.50 bits per heavy atom. The van der Waals surface area contributed by atoms with Crippen molar-refractivity contribution in [1.29, 1.82) is 0 Å². The van der Waals surface area contributed by atoms with Gasteiger partial charge in [0.15, 0.2) is 17.3 Å². The van der Waals surface area contributed by atoms with Crippen molar-refractivity contribution in [3.05, 3.63) is 21.9 Å². The van der Waals surface area contributed by atoms with E-state index in [1.807, 2.05) is 0 Å². The molecule has 0 radical (unpaired) electrons. The normalized spacial score (nSPS) is 16.6. The second kappa shape index (κ2) is 4.76. The lowest BCUT2D eigenvalue weighted by Crippen LogP contribution is -2.11. The molecule has 2 rings (SSSR count). The van der Waals surface area contributed by atoms with Gasteiger partial charge in [-0.25, -0.2) is 4.39 Å². The number of phenolic OH excluding ortho intramolecular Hbond substituents is 2. The fraction of sp³-hybridized carbons (Fsp3) is 0.417. The predicted octanol–water partition coefficient (Wildman–Crippen LogP) is 2.97. The second-order valence-electron chi connectivity index (χ2n) is 4.50. The lowest BCUT2D eigenvalue weighted by atomic mass is 9.90. The van der Waals surface area contributed by atoms with Crippen LogP contribution in [0, 0.1) is 11.7 Å². The van der Waals surface area contributed by atoms with Crippen molar-refractivity contribution in [2.45, 2.75) is 25.2 Å². The van der Waals surface area contributed by atoms with Gasteiger partial charge in [-0.3, -0.25) is 4.79 Å². The number of carbonyl (C=O) groups is 1. The quantitative estimate of drug-likeness (QED) is 0.746. The van der Waals surface area contributed by atoms with E-state index in [0.29, 0.717) is 0 Å². The van der Waals surface area contributed by atoms with Gasteiger partial charge in [0.05, 0.1) is 6.42 Å². The fourth-order valence-electron chi connectivity index (χ4n) is 2.14. The topological polar surface area (TPSA) is 77.8 Å². The standard InChI is InChI=1S/C12H12BrFO4/c13-7-4-8(15)12(18)11(14)10(7)6(3-9(16)17)5-1-2-5/h4-6,15,18H,1-3H2,(H,16,17).